The molecule has 0 aliphatic heterocycles. The van der Waals surface area contributed by atoms with E-state index in [4.69, 9.17) is 4.74 Å². The Morgan fingerprint density at radius 1 is 1.63 bits per heavy atom. The summed E-state index contributed by atoms with van der Waals surface area (Å²) in [4.78, 5) is 12.5. The summed E-state index contributed by atoms with van der Waals surface area (Å²) < 4.78 is 5.60. The Morgan fingerprint density at radius 2 is 2.37 bits per heavy atom. The Bertz CT molecular complexity index is 444. The lowest BCUT2D eigenvalue weighted by Gasteiger charge is -2.57. The molecule has 1 aliphatic rings. The highest BCUT2D eigenvalue weighted by atomic mass is 32.1. The number of aliphatic hydroxyl groups is 1. The van der Waals surface area contributed by atoms with Crippen molar-refractivity contribution in [2.75, 3.05) is 13.2 Å². The van der Waals surface area contributed by atoms with Crippen molar-refractivity contribution in [2.45, 2.75) is 38.9 Å². The molecule has 4 nitrogen and oxygen atoms in total. The first-order valence-corrected chi connectivity index (χ1v) is 7.44. The summed E-state index contributed by atoms with van der Waals surface area (Å²) in [5.74, 6) is -0.126. The first-order chi connectivity index (χ1) is 8.90. The molecule has 2 atom stereocenters. The number of carbonyl (C=O) groups excluding carboxylic acids is 1. The van der Waals surface area contributed by atoms with Crippen molar-refractivity contribution in [3.05, 3.63) is 22.4 Å². The van der Waals surface area contributed by atoms with Gasteiger partial charge in [-0.25, -0.2) is 0 Å². The predicted molar refractivity (Wildman–Crippen MR) is 75.4 cm³/mol. The SMILES string of the molecule is CCO[C@H]1C[C@](O)(CNC(=O)c2cccs2)C1(C)C. The largest absolute Gasteiger partial charge is 0.387 e. The van der Waals surface area contributed by atoms with Gasteiger partial charge in [-0.3, -0.25) is 4.79 Å². The predicted octanol–water partition coefficient (Wildman–Crippen LogP) is 2.04. The minimum Gasteiger partial charge on any atom is -0.387 e. The number of hydrogen-bond donors (Lipinski definition) is 2. The zero-order valence-electron chi connectivity index (χ0n) is 11.6. The van der Waals surface area contributed by atoms with E-state index in [9.17, 15) is 9.90 Å². The molecule has 0 radical (unpaired) electrons. The van der Waals surface area contributed by atoms with Crippen LogP contribution in [0.4, 0.5) is 0 Å². The van der Waals surface area contributed by atoms with Gasteiger partial charge in [0.05, 0.1) is 16.6 Å². The number of thiophene rings is 1. The molecular weight excluding hydrogens is 262 g/mol. The standard InChI is InChI=1S/C14H21NO3S/c1-4-18-11-8-14(17,13(11,2)3)9-15-12(16)10-6-5-7-19-10/h5-7,11,17H,4,8-9H2,1-3H3,(H,15,16)/t11-,14-/m0/s1. The van der Waals surface area contributed by atoms with Gasteiger partial charge in [0.15, 0.2) is 0 Å². The molecule has 1 heterocycles. The summed E-state index contributed by atoms with van der Waals surface area (Å²) in [5, 5.41) is 15.3. The maximum absolute atomic E-state index is 11.9. The summed E-state index contributed by atoms with van der Waals surface area (Å²) in [7, 11) is 0. The first kappa shape index (κ1) is 14.5. The molecule has 2 rings (SSSR count). The van der Waals surface area contributed by atoms with E-state index in [1.54, 1.807) is 6.07 Å². The van der Waals surface area contributed by atoms with Crippen LogP contribution in [0.5, 0.6) is 0 Å². The average Bonchev–Trinajstić information content (AvgIpc) is 2.89. The number of ether oxygens (including phenoxy) is 1. The average molecular weight is 283 g/mol. The second-order valence-corrected chi connectivity index (χ2v) is 6.51. The second-order valence-electron chi connectivity index (χ2n) is 5.56. The summed E-state index contributed by atoms with van der Waals surface area (Å²) in [6.45, 7) is 6.82. The molecule has 0 spiro atoms. The Morgan fingerprint density at radius 3 is 2.89 bits per heavy atom. The molecule has 0 aromatic carbocycles. The van der Waals surface area contributed by atoms with E-state index < -0.39 is 5.60 Å². The van der Waals surface area contributed by atoms with Crippen molar-refractivity contribution < 1.29 is 14.6 Å². The van der Waals surface area contributed by atoms with Crippen molar-refractivity contribution in [3.63, 3.8) is 0 Å². The van der Waals surface area contributed by atoms with Crippen molar-refractivity contribution in [1.82, 2.24) is 5.32 Å². The topological polar surface area (TPSA) is 58.6 Å². The molecule has 1 fully saturated rings. The molecule has 106 valence electrons. The molecule has 0 unspecified atom stereocenters. The number of amides is 1. The van der Waals surface area contributed by atoms with Gasteiger partial charge in [-0.1, -0.05) is 19.9 Å². The fourth-order valence-corrected chi connectivity index (χ4v) is 3.12. The van der Waals surface area contributed by atoms with Crippen LogP contribution in [0.25, 0.3) is 0 Å². The van der Waals surface area contributed by atoms with Gasteiger partial charge < -0.3 is 15.2 Å². The lowest BCUT2D eigenvalue weighted by Crippen LogP contribution is -2.68. The van der Waals surface area contributed by atoms with E-state index in [1.807, 2.05) is 32.2 Å². The van der Waals surface area contributed by atoms with Gasteiger partial charge in [0, 0.05) is 25.0 Å². The summed E-state index contributed by atoms with van der Waals surface area (Å²) in [6, 6.07) is 3.62. The number of hydrogen-bond acceptors (Lipinski definition) is 4. The van der Waals surface area contributed by atoms with Crippen molar-refractivity contribution in [1.29, 1.82) is 0 Å². The van der Waals surface area contributed by atoms with Crippen LogP contribution in [0.1, 0.15) is 36.9 Å². The van der Waals surface area contributed by atoms with Crippen LogP contribution in [0, 0.1) is 5.41 Å². The van der Waals surface area contributed by atoms with Gasteiger partial charge in [-0.15, -0.1) is 11.3 Å². The van der Waals surface area contributed by atoms with Gasteiger partial charge in [-0.05, 0) is 18.4 Å². The highest BCUT2D eigenvalue weighted by molar-refractivity contribution is 7.12. The van der Waals surface area contributed by atoms with E-state index in [0.717, 1.165) is 0 Å². The van der Waals surface area contributed by atoms with E-state index >= 15 is 0 Å². The zero-order valence-corrected chi connectivity index (χ0v) is 12.4. The van der Waals surface area contributed by atoms with Gasteiger partial charge in [0.25, 0.3) is 5.91 Å². The molecule has 19 heavy (non-hydrogen) atoms. The van der Waals surface area contributed by atoms with Crippen LogP contribution in [-0.4, -0.2) is 35.9 Å². The molecule has 1 aliphatic carbocycles. The molecule has 2 N–H and O–H groups in total. The third-order valence-corrected chi connectivity index (χ3v) is 5.05. The normalized spacial score (nSPS) is 28.7. The van der Waals surface area contributed by atoms with Gasteiger partial charge in [0.1, 0.15) is 0 Å². The van der Waals surface area contributed by atoms with E-state index in [0.29, 0.717) is 17.9 Å². The van der Waals surface area contributed by atoms with Gasteiger partial charge in [-0.2, -0.15) is 0 Å². The van der Waals surface area contributed by atoms with E-state index in [-0.39, 0.29) is 24.0 Å². The lowest BCUT2D eigenvalue weighted by atomic mass is 9.56. The Balaban J connectivity index is 1.91. The van der Waals surface area contributed by atoms with Crippen LogP contribution in [0.2, 0.25) is 0 Å². The molecule has 1 aromatic heterocycles. The van der Waals surface area contributed by atoms with Crippen molar-refractivity contribution in [2.24, 2.45) is 5.41 Å². The lowest BCUT2D eigenvalue weighted by molar-refractivity contribution is -0.237. The van der Waals surface area contributed by atoms with E-state index in [2.05, 4.69) is 5.32 Å². The fourth-order valence-electron chi connectivity index (χ4n) is 2.48. The first-order valence-electron chi connectivity index (χ1n) is 6.56. The minimum atomic E-state index is -0.889. The monoisotopic (exact) mass is 283 g/mol. The highest BCUT2D eigenvalue weighted by Crippen LogP contribution is 2.50. The Labute approximate surface area is 117 Å². The molecule has 1 amide bonds. The van der Waals surface area contributed by atoms with Crippen LogP contribution in [-0.2, 0) is 4.74 Å². The Hall–Kier alpha value is -0.910. The molecule has 0 saturated heterocycles. The van der Waals surface area contributed by atoms with Crippen LogP contribution < -0.4 is 5.32 Å². The zero-order chi connectivity index (χ0) is 14.1. The summed E-state index contributed by atoms with van der Waals surface area (Å²) >= 11 is 1.40. The van der Waals surface area contributed by atoms with Crippen molar-refractivity contribution in [3.8, 4) is 0 Å². The Kier molecular flexibility index (Phi) is 3.99. The van der Waals surface area contributed by atoms with E-state index in [1.165, 1.54) is 11.3 Å². The molecule has 5 heteroatoms. The number of carbonyl (C=O) groups is 1. The maximum Gasteiger partial charge on any atom is 0.261 e. The summed E-state index contributed by atoms with van der Waals surface area (Å²) in [5.41, 5.74) is -1.23. The fraction of sp³-hybridized carbons (Fsp3) is 0.643. The molecule has 0 bridgehead atoms. The van der Waals surface area contributed by atoms with Gasteiger partial charge >= 0.3 is 0 Å². The number of rotatable bonds is 5. The third-order valence-electron chi connectivity index (χ3n) is 4.18. The minimum absolute atomic E-state index is 0.0566. The van der Waals surface area contributed by atoms with Crippen LogP contribution >= 0.6 is 11.3 Å². The second kappa shape index (κ2) is 5.23. The van der Waals surface area contributed by atoms with Crippen LogP contribution in [0.15, 0.2) is 17.5 Å². The maximum atomic E-state index is 11.9. The highest BCUT2D eigenvalue weighted by Gasteiger charge is 2.59. The number of nitrogens with one attached hydrogen (secondary N) is 1. The third kappa shape index (κ3) is 2.55. The molecule has 1 saturated carbocycles. The quantitative estimate of drug-likeness (QED) is 0.869. The molecular formula is C14H21NO3S. The summed E-state index contributed by atoms with van der Waals surface area (Å²) in [6.07, 6.45) is 0.625. The smallest absolute Gasteiger partial charge is 0.261 e. The molecule has 1 aromatic rings. The van der Waals surface area contributed by atoms with Gasteiger partial charge in [0.2, 0.25) is 0 Å². The van der Waals surface area contributed by atoms with Crippen LogP contribution in [0.3, 0.4) is 0 Å². The van der Waals surface area contributed by atoms with Crippen molar-refractivity contribution >= 4 is 17.2 Å².